The summed E-state index contributed by atoms with van der Waals surface area (Å²) in [5.74, 6) is 0.322. The third-order valence-electron chi connectivity index (χ3n) is 6.59. The number of fused-ring (bicyclic) bond motifs is 2. The van der Waals surface area contributed by atoms with Crippen molar-refractivity contribution in [3.63, 3.8) is 0 Å². The van der Waals surface area contributed by atoms with Gasteiger partial charge in [-0.3, -0.25) is 14.4 Å². The van der Waals surface area contributed by atoms with Crippen LogP contribution in [0.3, 0.4) is 0 Å². The molecule has 35 heavy (non-hydrogen) atoms. The number of carbonyl (C=O) groups excluding carboxylic acids is 2. The van der Waals surface area contributed by atoms with Gasteiger partial charge in [-0.05, 0) is 32.0 Å². The van der Waals surface area contributed by atoms with Crippen LogP contribution in [-0.2, 0) is 11.3 Å². The van der Waals surface area contributed by atoms with Gasteiger partial charge in [0.1, 0.15) is 11.6 Å². The quantitative estimate of drug-likeness (QED) is 0.607. The van der Waals surface area contributed by atoms with Gasteiger partial charge in [-0.1, -0.05) is 18.2 Å². The van der Waals surface area contributed by atoms with E-state index in [-0.39, 0.29) is 18.3 Å². The van der Waals surface area contributed by atoms with Gasteiger partial charge in [-0.25, -0.2) is 0 Å². The third-order valence-corrected chi connectivity index (χ3v) is 6.59. The van der Waals surface area contributed by atoms with Crippen molar-refractivity contribution >= 4 is 28.4 Å². The average molecular weight is 477 g/mol. The first-order chi connectivity index (χ1) is 17.0. The lowest BCUT2D eigenvalue weighted by molar-refractivity contribution is -0.133. The average Bonchev–Trinajstić information content (AvgIpc) is 3.36. The molecule has 0 unspecified atom stereocenters. The molecule has 0 spiro atoms. The Kier molecular flexibility index (Phi) is 6.07. The van der Waals surface area contributed by atoms with E-state index < -0.39 is 17.4 Å². The third kappa shape index (κ3) is 4.29. The molecule has 5 rings (SSSR count). The summed E-state index contributed by atoms with van der Waals surface area (Å²) < 4.78 is 12.7. The number of hydrogen-bond donors (Lipinski definition) is 1. The molecule has 1 fully saturated rings. The number of aromatic nitrogens is 1. The summed E-state index contributed by atoms with van der Waals surface area (Å²) in [6.45, 7) is 6.81. The molecule has 2 aromatic carbocycles. The molecule has 9 nitrogen and oxygen atoms in total. The maximum absolute atomic E-state index is 13.2. The zero-order valence-electron chi connectivity index (χ0n) is 19.8. The van der Waals surface area contributed by atoms with Crippen LogP contribution in [0, 0.1) is 0 Å². The fraction of sp³-hybridized carbons (Fsp3) is 0.346. The largest absolute Gasteiger partial charge is 0.454 e. The molecule has 3 aromatic rings. The summed E-state index contributed by atoms with van der Waals surface area (Å²) in [6.07, 6.45) is 1.54. The van der Waals surface area contributed by atoms with E-state index in [4.69, 9.17) is 9.47 Å². The lowest BCUT2D eigenvalue weighted by Gasteiger charge is -2.37. The number of hydrogen-bond acceptors (Lipinski definition) is 6. The Labute approximate surface area is 202 Å². The minimum Gasteiger partial charge on any atom is -0.454 e. The Morgan fingerprint density at radius 2 is 1.71 bits per heavy atom. The van der Waals surface area contributed by atoms with Crippen LogP contribution in [0.4, 0.5) is 5.69 Å². The number of piperazine rings is 1. The van der Waals surface area contributed by atoms with E-state index in [0.29, 0.717) is 42.0 Å². The highest BCUT2D eigenvalue weighted by Gasteiger charge is 2.27. The number of amides is 2. The maximum atomic E-state index is 13.2. The molecule has 0 radical (unpaired) electrons. The van der Waals surface area contributed by atoms with E-state index in [1.54, 1.807) is 24.0 Å². The molecule has 9 heteroatoms. The molecule has 0 saturated carbocycles. The molecule has 182 valence electrons. The van der Waals surface area contributed by atoms with Crippen molar-refractivity contribution in [3.8, 4) is 11.5 Å². The van der Waals surface area contributed by atoms with E-state index in [1.807, 2.05) is 29.7 Å². The molecule has 1 atom stereocenters. The van der Waals surface area contributed by atoms with Crippen LogP contribution in [0.25, 0.3) is 10.9 Å². The zero-order valence-corrected chi connectivity index (χ0v) is 19.8. The highest BCUT2D eigenvalue weighted by Crippen LogP contribution is 2.35. The normalized spacial score (nSPS) is 15.8. The van der Waals surface area contributed by atoms with Crippen LogP contribution in [0.5, 0.6) is 11.5 Å². The van der Waals surface area contributed by atoms with E-state index in [2.05, 4.69) is 22.3 Å². The van der Waals surface area contributed by atoms with Gasteiger partial charge in [0.25, 0.3) is 5.91 Å². The minimum absolute atomic E-state index is 0.00763. The van der Waals surface area contributed by atoms with Gasteiger partial charge in [-0.15, -0.1) is 0 Å². The summed E-state index contributed by atoms with van der Waals surface area (Å²) in [6, 6.07) is 12.7. The Balaban J connectivity index is 1.30. The Hall–Kier alpha value is -4.01. The van der Waals surface area contributed by atoms with E-state index in [1.165, 1.54) is 6.20 Å². The number of benzene rings is 2. The molecule has 0 aliphatic carbocycles. The molecule has 2 aliphatic heterocycles. The summed E-state index contributed by atoms with van der Waals surface area (Å²) in [5, 5.41) is 3.11. The fourth-order valence-electron chi connectivity index (χ4n) is 4.64. The second-order valence-corrected chi connectivity index (χ2v) is 8.72. The Morgan fingerprint density at radius 3 is 2.40 bits per heavy atom. The van der Waals surface area contributed by atoms with Gasteiger partial charge in [-0.2, -0.15) is 0 Å². The second kappa shape index (κ2) is 9.32. The first-order valence-corrected chi connectivity index (χ1v) is 11.8. The lowest BCUT2D eigenvalue weighted by atomic mass is 10.1. The minimum atomic E-state index is -0.757. The number of pyridine rings is 1. The Morgan fingerprint density at radius 1 is 1.03 bits per heavy atom. The molecule has 3 heterocycles. The zero-order chi connectivity index (χ0) is 24.5. The summed E-state index contributed by atoms with van der Waals surface area (Å²) in [5.41, 5.74) is 1.38. The van der Waals surface area contributed by atoms with E-state index >= 15 is 0 Å². The predicted octanol–water partition coefficient (Wildman–Crippen LogP) is 2.22. The maximum Gasteiger partial charge on any atom is 0.257 e. The van der Waals surface area contributed by atoms with E-state index in [9.17, 15) is 14.4 Å². The van der Waals surface area contributed by atoms with E-state index in [0.717, 1.165) is 18.8 Å². The number of nitrogens with one attached hydrogen (secondary N) is 1. The van der Waals surface area contributed by atoms with Crippen LogP contribution in [-0.4, -0.2) is 60.3 Å². The highest BCUT2D eigenvalue weighted by molar-refractivity contribution is 6.00. The van der Waals surface area contributed by atoms with Crippen molar-refractivity contribution < 1.29 is 19.1 Å². The molecule has 1 saturated heterocycles. The van der Waals surface area contributed by atoms with Crippen LogP contribution >= 0.6 is 0 Å². The molecule has 1 N–H and O–H groups in total. The molecule has 0 bridgehead atoms. The topological polar surface area (TPSA) is 93.1 Å². The van der Waals surface area contributed by atoms with Gasteiger partial charge in [0, 0.05) is 50.7 Å². The van der Waals surface area contributed by atoms with Crippen molar-refractivity contribution in [2.45, 2.75) is 26.4 Å². The first kappa shape index (κ1) is 22.8. The predicted molar refractivity (Wildman–Crippen MR) is 132 cm³/mol. The molecule has 1 aromatic heterocycles. The van der Waals surface area contributed by atoms with Crippen molar-refractivity contribution in [3.05, 3.63) is 64.4 Å². The molecular formula is C26H28N4O5. The number of ether oxygens (including phenoxy) is 2. The van der Waals surface area contributed by atoms with Crippen LogP contribution < -0.4 is 25.1 Å². The number of rotatable bonds is 5. The smallest absolute Gasteiger partial charge is 0.257 e. The summed E-state index contributed by atoms with van der Waals surface area (Å²) >= 11 is 0. The second-order valence-electron chi connectivity index (χ2n) is 8.72. The fourth-order valence-corrected chi connectivity index (χ4v) is 4.64. The van der Waals surface area contributed by atoms with Gasteiger partial charge < -0.3 is 29.2 Å². The number of anilines is 1. The number of aryl methyl sites for hydroxylation is 1. The highest BCUT2D eigenvalue weighted by atomic mass is 16.7. The SMILES string of the molecule is CCn1cc(C(=O)N[C@@H](C)C(=O)N2CCN(c3ccccc3)CC2)c(=O)c2cc3c(cc21)OCO3. The first-order valence-electron chi connectivity index (χ1n) is 11.8. The summed E-state index contributed by atoms with van der Waals surface area (Å²) in [7, 11) is 0. The summed E-state index contributed by atoms with van der Waals surface area (Å²) in [4.78, 5) is 43.3. The van der Waals surface area contributed by atoms with Crippen LogP contribution in [0.2, 0.25) is 0 Å². The molecular weight excluding hydrogens is 448 g/mol. The van der Waals surface area contributed by atoms with Crippen molar-refractivity contribution in [1.29, 1.82) is 0 Å². The van der Waals surface area contributed by atoms with Crippen LogP contribution in [0.15, 0.2) is 53.5 Å². The monoisotopic (exact) mass is 476 g/mol. The van der Waals surface area contributed by atoms with Gasteiger partial charge in [0.15, 0.2) is 11.5 Å². The molecule has 2 amide bonds. The van der Waals surface area contributed by atoms with Crippen molar-refractivity contribution in [2.24, 2.45) is 0 Å². The van der Waals surface area contributed by atoms with Gasteiger partial charge in [0.2, 0.25) is 18.1 Å². The number of carbonyl (C=O) groups is 2. The van der Waals surface area contributed by atoms with Crippen molar-refractivity contribution in [1.82, 2.24) is 14.8 Å². The number of nitrogens with zero attached hydrogens (tertiary/aromatic N) is 3. The van der Waals surface area contributed by atoms with Gasteiger partial charge in [0.05, 0.1) is 10.9 Å². The van der Waals surface area contributed by atoms with Crippen molar-refractivity contribution in [2.75, 3.05) is 37.9 Å². The number of para-hydroxylation sites is 1. The lowest BCUT2D eigenvalue weighted by Crippen LogP contribution is -2.54. The molecule has 2 aliphatic rings. The van der Waals surface area contributed by atoms with Gasteiger partial charge >= 0.3 is 0 Å². The Bertz CT molecular complexity index is 1330. The van der Waals surface area contributed by atoms with Crippen LogP contribution in [0.1, 0.15) is 24.2 Å². The standard InChI is InChI=1S/C26H28N4O5/c1-3-28-15-20(24(31)19-13-22-23(14-21(19)28)35-16-34-22)25(32)27-17(2)26(33)30-11-9-29(10-12-30)18-7-5-4-6-8-18/h4-8,13-15,17H,3,9-12,16H2,1-2H3,(H,27,32)/t17-/m0/s1.